The van der Waals surface area contributed by atoms with Gasteiger partial charge in [0.05, 0.1) is 0 Å². The van der Waals surface area contributed by atoms with Crippen molar-refractivity contribution in [2.24, 2.45) is 0 Å². The lowest BCUT2D eigenvalue weighted by atomic mass is 10.3. The van der Waals surface area contributed by atoms with Crippen molar-refractivity contribution in [1.29, 1.82) is 0 Å². The minimum Gasteiger partial charge on any atom is -0.304 e. The van der Waals surface area contributed by atoms with Crippen molar-refractivity contribution in [3.63, 3.8) is 0 Å². The van der Waals surface area contributed by atoms with Gasteiger partial charge >= 0.3 is 0 Å². The summed E-state index contributed by atoms with van der Waals surface area (Å²) in [6.07, 6.45) is 2.06. The van der Waals surface area contributed by atoms with Crippen LogP contribution in [0, 0.1) is 0 Å². The number of hydrogen-bond donors (Lipinski definition) is 1. The smallest absolute Gasteiger partial charge is 0.242 e. The normalized spacial score (nSPS) is 18.0. The highest BCUT2D eigenvalue weighted by molar-refractivity contribution is 7.89. The average molecular weight is 333 g/mol. The summed E-state index contributed by atoms with van der Waals surface area (Å²) in [6.45, 7) is 5.57. The molecule has 0 radical (unpaired) electrons. The van der Waals surface area contributed by atoms with Gasteiger partial charge in [-0.1, -0.05) is 11.6 Å². The number of hydrogen-bond acceptors (Lipinski definition) is 5. The first-order chi connectivity index (χ1) is 9.97. The van der Waals surface area contributed by atoms with E-state index in [1.165, 1.54) is 18.3 Å². The van der Waals surface area contributed by atoms with E-state index in [0.717, 1.165) is 39.1 Å². The van der Waals surface area contributed by atoms with Crippen LogP contribution in [0.3, 0.4) is 0 Å². The molecule has 8 heteroatoms. The molecule has 0 aliphatic carbocycles. The molecule has 2 heterocycles. The van der Waals surface area contributed by atoms with Gasteiger partial charge in [-0.2, -0.15) is 0 Å². The van der Waals surface area contributed by atoms with E-state index in [4.69, 9.17) is 11.6 Å². The van der Waals surface area contributed by atoms with E-state index in [1.54, 1.807) is 0 Å². The maximum absolute atomic E-state index is 12.0. The van der Waals surface area contributed by atoms with Crippen LogP contribution < -0.4 is 4.72 Å². The van der Waals surface area contributed by atoms with Crippen molar-refractivity contribution in [3.8, 4) is 0 Å². The molecule has 0 atom stereocenters. The third-order valence-electron chi connectivity index (χ3n) is 3.55. The molecule has 1 saturated heterocycles. The summed E-state index contributed by atoms with van der Waals surface area (Å²) in [5.74, 6) is 0. The number of aromatic nitrogens is 1. The number of piperazine rings is 1. The molecule has 1 fully saturated rings. The van der Waals surface area contributed by atoms with Gasteiger partial charge in [0.1, 0.15) is 10.0 Å². The van der Waals surface area contributed by atoms with Crippen LogP contribution in [0.15, 0.2) is 23.2 Å². The van der Waals surface area contributed by atoms with Crippen LogP contribution in [0.2, 0.25) is 5.15 Å². The molecule has 1 aromatic heterocycles. The molecular weight excluding hydrogens is 312 g/mol. The predicted octanol–water partition coefficient (Wildman–Crippen LogP) is 0.651. The third-order valence-corrected chi connectivity index (χ3v) is 5.22. The second-order valence-electron chi connectivity index (χ2n) is 5.21. The number of nitrogens with zero attached hydrogens (tertiary/aromatic N) is 3. The lowest BCUT2D eigenvalue weighted by molar-refractivity contribution is 0.153. The van der Waals surface area contributed by atoms with Crippen molar-refractivity contribution in [3.05, 3.63) is 23.5 Å². The van der Waals surface area contributed by atoms with Crippen LogP contribution in [0.5, 0.6) is 0 Å². The molecule has 0 aromatic carbocycles. The first-order valence-electron chi connectivity index (χ1n) is 6.99. The van der Waals surface area contributed by atoms with Gasteiger partial charge in [-0.05, 0) is 32.1 Å². The third kappa shape index (κ3) is 5.19. The van der Waals surface area contributed by atoms with Gasteiger partial charge in [-0.15, -0.1) is 0 Å². The van der Waals surface area contributed by atoms with Crippen LogP contribution in [-0.4, -0.2) is 69.5 Å². The summed E-state index contributed by atoms with van der Waals surface area (Å²) in [4.78, 5) is 8.59. The summed E-state index contributed by atoms with van der Waals surface area (Å²) in [6, 6.07) is 2.93. The summed E-state index contributed by atoms with van der Waals surface area (Å²) < 4.78 is 26.6. The van der Waals surface area contributed by atoms with Crippen LogP contribution in [0.4, 0.5) is 0 Å². The van der Waals surface area contributed by atoms with Crippen LogP contribution in [0.1, 0.15) is 6.42 Å². The fourth-order valence-electron chi connectivity index (χ4n) is 2.19. The lowest BCUT2D eigenvalue weighted by Gasteiger charge is -2.32. The minimum atomic E-state index is -3.49. The van der Waals surface area contributed by atoms with E-state index >= 15 is 0 Å². The summed E-state index contributed by atoms with van der Waals surface area (Å²) in [5.41, 5.74) is 0. The molecule has 0 amide bonds. The number of likely N-dealkylation sites (N-methyl/N-ethyl adjacent to an activating group) is 1. The fourth-order valence-corrected chi connectivity index (χ4v) is 3.32. The van der Waals surface area contributed by atoms with Crippen LogP contribution in [-0.2, 0) is 10.0 Å². The highest BCUT2D eigenvalue weighted by atomic mass is 35.5. The Morgan fingerprint density at radius 3 is 2.62 bits per heavy atom. The lowest BCUT2D eigenvalue weighted by Crippen LogP contribution is -2.45. The Bertz CT molecular complexity index is 542. The molecule has 1 aliphatic rings. The Morgan fingerprint density at radius 2 is 2.00 bits per heavy atom. The molecule has 0 spiro atoms. The van der Waals surface area contributed by atoms with E-state index in [-0.39, 0.29) is 10.0 Å². The Balaban J connectivity index is 1.73. The molecular formula is C13H21ClN4O2S. The number of halogens is 1. The summed E-state index contributed by atoms with van der Waals surface area (Å²) in [5, 5.41) is 0.281. The van der Waals surface area contributed by atoms with Crippen molar-refractivity contribution >= 4 is 21.6 Å². The zero-order valence-corrected chi connectivity index (χ0v) is 13.7. The van der Waals surface area contributed by atoms with Gasteiger partial charge in [0.2, 0.25) is 10.0 Å². The Hall–Kier alpha value is -0.730. The van der Waals surface area contributed by atoms with Crippen LogP contribution >= 0.6 is 11.6 Å². The van der Waals surface area contributed by atoms with Gasteiger partial charge in [-0.3, -0.25) is 0 Å². The topological polar surface area (TPSA) is 65.5 Å². The maximum atomic E-state index is 12.0. The second kappa shape index (κ2) is 7.51. The fraction of sp³-hybridized carbons (Fsp3) is 0.615. The molecule has 2 rings (SSSR count). The molecule has 6 nitrogen and oxygen atoms in total. The minimum absolute atomic E-state index is 0.145. The Kier molecular flexibility index (Phi) is 5.95. The number of sulfonamides is 1. The molecule has 1 aromatic rings. The second-order valence-corrected chi connectivity index (χ2v) is 7.37. The predicted molar refractivity (Wildman–Crippen MR) is 83.0 cm³/mol. The largest absolute Gasteiger partial charge is 0.304 e. The molecule has 0 bridgehead atoms. The summed E-state index contributed by atoms with van der Waals surface area (Å²) in [7, 11) is -1.37. The molecule has 1 N–H and O–H groups in total. The van der Waals surface area contributed by atoms with Crippen molar-refractivity contribution in [1.82, 2.24) is 19.5 Å². The zero-order valence-electron chi connectivity index (χ0n) is 12.1. The first-order valence-corrected chi connectivity index (χ1v) is 8.85. The van der Waals surface area contributed by atoms with Gasteiger partial charge in [0.15, 0.2) is 0 Å². The molecule has 1 aliphatic heterocycles. The Morgan fingerprint density at radius 1 is 1.29 bits per heavy atom. The van der Waals surface area contributed by atoms with E-state index in [0.29, 0.717) is 6.54 Å². The van der Waals surface area contributed by atoms with E-state index in [2.05, 4.69) is 26.6 Å². The number of pyridine rings is 1. The summed E-state index contributed by atoms with van der Waals surface area (Å²) >= 11 is 5.65. The van der Waals surface area contributed by atoms with Crippen LogP contribution in [0.25, 0.3) is 0 Å². The van der Waals surface area contributed by atoms with Crippen molar-refractivity contribution < 1.29 is 8.42 Å². The molecule has 118 valence electrons. The Labute approximate surface area is 131 Å². The van der Waals surface area contributed by atoms with E-state index in [9.17, 15) is 8.42 Å². The van der Waals surface area contributed by atoms with Crippen molar-refractivity contribution in [2.75, 3.05) is 46.3 Å². The number of nitrogens with one attached hydrogen (secondary N) is 1. The maximum Gasteiger partial charge on any atom is 0.242 e. The quantitative estimate of drug-likeness (QED) is 0.612. The number of rotatable bonds is 6. The monoisotopic (exact) mass is 332 g/mol. The van der Waals surface area contributed by atoms with E-state index in [1.807, 2.05) is 0 Å². The highest BCUT2D eigenvalue weighted by Gasteiger charge is 2.15. The van der Waals surface area contributed by atoms with E-state index < -0.39 is 10.0 Å². The first kappa shape index (κ1) is 16.6. The molecule has 21 heavy (non-hydrogen) atoms. The van der Waals surface area contributed by atoms with Gasteiger partial charge in [-0.25, -0.2) is 18.1 Å². The zero-order chi connectivity index (χ0) is 15.3. The van der Waals surface area contributed by atoms with Gasteiger partial charge in [0.25, 0.3) is 0 Å². The SMILES string of the molecule is CN1CCN(CCCNS(=O)(=O)c2ccc(Cl)nc2)CC1. The average Bonchev–Trinajstić information content (AvgIpc) is 2.46. The molecule has 0 unspecified atom stereocenters. The van der Waals surface area contributed by atoms with Gasteiger partial charge in [0, 0.05) is 38.9 Å². The highest BCUT2D eigenvalue weighted by Crippen LogP contribution is 2.10. The van der Waals surface area contributed by atoms with Gasteiger partial charge < -0.3 is 9.80 Å². The standard InChI is InChI=1S/C13H21ClN4O2S/c1-17-7-9-18(10-8-17)6-2-5-16-21(19,20)12-3-4-13(14)15-11-12/h3-4,11,16H,2,5-10H2,1H3. The molecule has 0 saturated carbocycles. The van der Waals surface area contributed by atoms with Crippen molar-refractivity contribution in [2.45, 2.75) is 11.3 Å².